The Hall–Kier alpha value is -3.21. The van der Waals surface area contributed by atoms with E-state index in [1.807, 2.05) is 30.3 Å². The molecule has 5 heteroatoms. The second kappa shape index (κ2) is 5.77. The summed E-state index contributed by atoms with van der Waals surface area (Å²) in [5.74, 6) is -0.321. The van der Waals surface area contributed by atoms with Crippen molar-refractivity contribution in [3.05, 3.63) is 82.8 Å². The molecule has 4 nitrogen and oxygen atoms in total. The highest BCUT2D eigenvalue weighted by atomic mass is 19.1. The average molecular weight is 321 g/mol. The monoisotopic (exact) mass is 321 g/mol. The zero-order chi connectivity index (χ0) is 16.5. The first kappa shape index (κ1) is 14.4. The third-order valence-corrected chi connectivity index (χ3v) is 3.70. The second-order valence-electron chi connectivity index (χ2n) is 5.36. The number of hydrogen-bond acceptors (Lipinski definition) is 4. The largest absolute Gasteiger partial charge is 0.488 e. The van der Waals surface area contributed by atoms with E-state index in [1.165, 1.54) is 12.1 Å². The van der Waals surface area contributed by atoms with Crippen LogP contribution in [0.5, 0.6) is 5.75 Å². The molecule has 0 amide bonds. The summed E-state index contributed by atoms with van der Waals surface area (Å²) in [6, 6.07) is 13.6. The van der Waals surface area contributed by atoms with Crippen LogP contribution >= 0.6 is 0 Å². The zero-order valence-corrected chi connectivity index (χ0v) is 12.5. The Morgan fingerprint density at radius 3 is 2.75 bits per heavy atom. The van der Waals surface area contributed by atoms with Gasteiger partial charge in [0.15, 0.2) is 5.70 Å². The number of carbonyl (C=O) groups is 1. The molecule has 0 radical (unpaired) electrons. The predicted octanol–water partition coefficient (Wildman–Crippen LogP) is 3.49. The Bertz CT molecular complexity index is 928. The Labute approximate surface area is 137 Å². The number of benzene rings is 2. The molecule has 118 valence electrons. The lowest BCUT2D eigenvalue weighted by Crippen LogP contribution is -2.08. The first-order valence-electron chi connectivity index (χ1n) is 7.40. The number of rotatable bonds is 2. The van der Waals surface area contributed by atoms with E-state index in [2.05, 4.69) is 4.99 Å². The maximum Gasteiger partial charge on any atom is 0.363 e. The van der Waals surface area contributed by atoms with Gasteiger partial charge in [-0.05, 0) is 35.9 Å². The van der Waals surface area contributed by atoms with E-state index in [0.717, 1.165) is 16.9 Å². The van der Waals surface area contributed by atoms with Crippen LogP contribution in [0.3, 0.4) is 0 Å². The fourth-order valence-electron chi connectivity index (χ4n) is 2.55. The van der Waals surface area contributed by atoms with E-state index in [4.69, 9.17) is 9.47 Å². The number of cyclic esters (lactones) is 1. The van der Waals surface area contributed by atoms with Crippen LogP contribution in [-0.4, -0.2) is 18.5 Å². The van der Waals surface area contributed by atoms with E-state index in [1.54, 1.807) is 18.2 Å². The highest BCUT2D eigenvalue weighted by molar-refractivity contribution is 6.11. The SMILES string of the molecule is O=C1OC(c2ccccc2F)=N/C1=C/C1=Cc2ccccc2OC1. The van der Waals surface area contributed by atoms with Crippen molar-refractivity contribution in [3.63, 3.8) is 0 Å². The van der Waals surface area contributed by atoms with Crippen LogP contribution in [0, 0.1) is 5.82 Å². The molecule has 0 fully saturated rings. The smallest absolute Gasteiger partial charge is 0.363 e. The van der Waals surface area contributed by atoms with Crippen molar-refractivity contribution >= 4 is 17.9 Å². The van der Waals surface area contributed by atoms with Crippen molar-refractivity contribution in [2.75, 3.05) is 6.61 Å². The third kappa shape index (κ3) is 2.60. The normalized spacial score (nSPS) is 17.7. The number of hydrogen-bond donors (Lipinski definition) is 0. The van der Waals surface area contributed by atoms with Gasteiger partial charge in [-0.3, -0.25) is 0 Å². The molecule has 0 spiro atoms. The van der Waals surface area contributed by atoms with Crippen molar-refractivity contribution in [2.24, 2.45) is 4.99 Å². The van der Waals surface area contributed by atoms with Crippen LogP contribution in [0.1, 0.15) is 11.1 Å². The van der Waals surface area contributed by atoms with Crippen LogP contribution in [0.15, 0.2) is 70.9 Å². The summed E-state index contributed by atoms with van der Waals surface area (Å²) in [4.78, 5) is 16.1. The molecule has 2 aromatic carbocycles. The van der Waals surface area contributed by atoms with Gasteiger partial charge >= 0.3 is 5.97 Å². The maximum absolute atomic E-state index is 13.8. The van der Waals surface area contributed by atoms with Gasteiger partial charge in [0.2, 0.25) is 5.90 Å². The molecule has 2 aliphatic heterocycles. The first-order chi connectivity index (χ1) is 11.7. The molecule has 24 heavy (non-hydrogen) atoms. The molecule has 4 rings (SSSR count). The highest BCUT2D eigenvalue weighted by Crippen LogP contribution is 2.27. The van der Waals surface area contributed by atoms with Crippen molar-refractivity contribution in [1.29, 1.82) is 0 Å². The molecule has 0 N–H and O–H groups in total. The minimum absolute atomic E-state index is 0.0259. The number of ether oxygens (including phenoxy) is 2. The Morgan fingerprint density at radius 2 is 1.88 bits per heavy atom. The van der Waals surface area contributed by atoms with Crippen LogP contribution in [0.25, 0.3) is 6.08 Å². The highest BCUT2D eigenvalue weighted by Gasteiger charge is 2.26. The summed E-state index contributed by atoms with van der Waals surface area (Å²) in [5.41, 5.74) is 2.01. The standard InChI is InChI=1S/C19H12FNO3/c20-15-7-3-2-6-14(15)18-21-16(19(22)24-18)10-12-9-13-5-1-4-8-17(13)23-11-12/h1-10H,11H2/b16-10+. The molecule has 0 aliphatic carbocycles. The number of halogens is 1. The van der Waals surface area contributed by atoms with E-state index in [9.17, 15) is 9.18 Å². The Balaban J connectivity index is 1.67. The van der Waals surface area contributed by atoms with Gasteiger partial charge in [-0.25, -0.2) is 14.2 Å². The second-order valence-corrected chi connectivity index (χ2v) is 5.36. The number of aliphatic imine (C=N–C) groups is 1. The summed E-state index contributed by atoms with van der Waals surface area (Å²) in [6.45, 7) is 0.332. The minimum Gasteiger partial charge on any atom is -0.488 e. The summed E-state index contributed by atoms with van der Waals surface area (Å²) in [6.07, 6.45) is 3.53. The van der Waals surface area contributed by atoms with Crippen molar-refractivity contribution < 1.29 is 18.7 Å². The van der Waals surface area contributed by atoms with Gasteiger partial charge < -0.3 is 9.47 Å². The van der Waals surface area contributed by atoms with Gasteiger partial charge in [0.1, 0.15) is 18.2 Å². The van der Waals surface area contributed by atoms with Crippen LogP contribution in [-0.2, 0) is 9.53 Å². The Kier molecular flexibility index (Phi) is 3.46. The zero-order valence-electron chi connectivity index (χ0n) is 12.5. The third-order valence-electron chi connectivity index (χ3n) is 3.70. The predicted molar refractivity (Wildman–Crippen MR) is 87.0 cm³/mol. The number of fused-ring (bicyclic) bond motifs is 1. The molecule has 2 aromatic rings. The van der Waals surface area contributed by atoms with E-state index in [0.29, 0.717) is 6.61 Å². The van der Waals surface area contributed by atoms with Gasteiger partial charge in [0.25, 0.3) is 0 Å². The fraction of sp³-hybridized carbons (Fsp3) is 0.0526. The Morgan fingerprint density at radius 1 is 1.08 bits per heavy atom. The summed E-state index contributed by atoms with van der Waals surface area (Å²) < 4.78 is 24.5. The van der Waals surface area contributed by atoms with E-state index < -0.39 is 11.8 Å². The first-order valence-corrected chi connectivity index (χ1v) is 7.40. The molecular formula is C19H12FNO3. The number of para-hydroxylation sites is 1. The lowest BCUT2D eigenvalue weighted by atomic mass is 10.1. The van der Waals surface area contributed by atoms with Gasteiger partial charge in [0, 0.05) is 5.56 Å². The molecule has 2 aliphatic rings. The number of carbonyl (C=O) groups excluding carboxylic acids is 1. The molecule has 0 aromatic heterocycles. The average Bonchev–Trinajstić information content (AvgIpc) is 2.96. The summed E-state index contributed by atoms with van der Waals surface area (Å²) in [7, 11) is 0. The summed E-state index contributed by atoms with van der Waals surface area (Å²) >= 11 is 0. The van der Waals surface area contributed by atoms with E-state index in [-0.39, 0.29) is 17.2 Å². The molecule has 0 saturated carbocycles. The molecule has 2 heterocycles. The van der Waals surface area contributed by atoms with Gasteiger partial charge in [-0.1, -0.05) is 30.3 Å². The quantitative estimate of drug-likeness (QED) is 0.628. The fourth-order valence-corrected chi connectivity index (χ4v) is 2.55. The summed E-state index contributed by atoms with van der Waals surface area (Å²) in [5, 5.41) is 0. The van der Waals surface area contributed by atoms with Gasteiger partial charge in [-0.15, -0.1) is 0 Å². The number of esters is 1. The molecule has 0 atom stereocenters. The van der Waals surface area contributed by atoms with Gasteiger partial charge in [0.05, 0.1) is 5.56 Å². The van der Waals surface area contributed by atoms with Crippen LogP contribution < -0.4 is 4.74 Å². The van der Waals surface area contributed by atoms with Crippen molar-refractivity contribution in [3.8, 4) is 5.75 Å². The van der Waals surface area contributed by atoms with E-state index >= 15 is 0 Å². The number of nitrogens with zero attached hydrogens (tertiary/aromatic N) is 1. The van der Waals surface area contributed by atoms with Crippen molar-refractivity contribution in [1.82, 2.24) is 0 Å². The van der Waals surface area contributed by atoms with Crippen LogP contribution in [0.2, 0.25) is 0 Å². The molecule has 0 unspecified atom stereocenters. The molecule has 0 saturated heterocycles. The maximum atomic E-state index is 13.8. The topological polar surface area (TPSA) is 47.9 Å². The van der Waals surface area contributed by atoms with Crippen molar-refractivity contribution in [2.45, 2.75) is 0 Å². The lowest BCUT2D eigenvalue weighted by molar-refractivity contribution is -0.130. The molecular weight excluding hydrogens is 309 g/mol. The van der Waals surface area contributed by atoms with Crippen LogP contribution in [0.4, 0.5) is 4.39 Å². The van der Waals surface area contributed by atoms with Gasteiger partial charge in [-0.2, -0.15) is 0 Å². The lowest BCUT2D eigenvalue weighted by Gasteiger charge is -2.15. The minimum atomic E-state index is -0.604. The molecule has 0 bridgehead atoms.